The van der Waals surface area contributed by atoms with Crippen LogP contribution >= 0.6 is 0 Å². The van der Waals surface area contributed by atoms with Gasteiger partial charge in [-0.25, -0.2) is 14.8 Å². The molecule has 3 aromatic heterocycles. The smallest absolute Gasteiger partial charge is 0.357 e. The van der Waals surface area contributed by atoms with Gasteiger partial charge in [-0.2, -0.15) is 0 Å². The van der Waals surface area contributed by atoms with Crippen molar-refractivity contribution in [2.24, 2.45) is 7.05 Å². The quantitative estimate of drug-likeness (QED) is 0.674. The fourth-order valence-corrected chi connectivity index (χ4v) is 2.12. The topological polar surface area (TPSA) is 98.8 Å². The first kappa shape index (κ1) is 11.5. The standard InChI is InChI=1S/C12H13N5O2/c1-3-19-12(18)8-4-7-9(15-8)10-6(11(13)16-7)5-14-17(10)2/h4-5,14H,3H2,1-2H3,(H2,13,16). The van der Waals surface area contributed by atoms with E-state index < -0.39 is 5.97 Å². The van der Waals surface area contributed by atoms with Crippen LogP contribution in [0.2, 0.25) is 0 Å². The third-order valence-electron chi connectivity index (χ3n) is 2.97. The summed E-state index contributed by atoms with van der Waals surface area (Å²) >= 11 is 0. The van der Waals surface area contributed by atoms with Crippen LogP contribution in [0.1, 0.15) is 17.4 Å². The molecule has 19 heavy (non-hydrogen) atoms. The van der Waals surface area contributed by atoms with E-state index in [-0.39, 0.29) is 5.69 Å². The molecule has 0 aliphatic heterocycles. The van der Waals surface area contributed by atoms with Crippen LogP contribution in [-0.4, -0.2) is 32.3 Å². The summed E-state index contributed by atoms with van der Waals surface area (Å²) in [7, 11) is 1.85. The van der Waals surface area contributed by atoms with Crippen molar-refractivity contribution in [3.63, 3.8) is 0 Å². The molecule has 0 aliphatic carbocycles. The van der Waals surface area contributed by atoms with Crippen molar-refractivity contribution in [2.75, 3.05) is 12.3 Å². The molecule has 0 atom stereocenters. The zero-order valence-corrected chi connectivity index (χ0v) is 10.6. The zero-order valence-electron chi connectivity index (χ0n) is 10.6. The molecule has 3 heterocycles. The second-order valence-corrected chi connectivity index (χ2v) is 4.19. The highest BCUT2D eigenvalue weighted by molar-refractivity contribution is 6.08. The Hall–Kier alpha value is -2.57. The number of pyridine rings is 1. The van der Waals surface area contributed by atoms with E-state index in [1.807, 2.05) is 7.05 Å². The Labute approximate surface area is 108 Å². The summed E-state index contributed by atoms with van der Waals surface area (Å²) in [6.07, 6.45) is 1.76. The van der Waals surface area contributed by atoms with Crippen molar-refractivity contribution in [3.8, 4) is 0 Å². The number of aromatic amines is 1. The van der Waals surface area contributed by atoms with E-state index in [2.05, 4.69) is 15.1 Å². The second kappa shape index (κ2) is 3.98. The van der Waals surface area contributed by atoms with E-state index in [0.717, 1.165) is 10.9 Å². The van der Waals surface area contributed by atoms with E-state index in [1.165, 1.54) is 0 Å². The summed E-state index contributed by atoms with van der Waals surface area (Å²) in [4.78, 5) is 20.3. The third-order valence-corrected chi connectivity index (χ3v) is 2.97. The first-order chi connectivity index (χ1) is 9.11. The average molecular weight is 259 g/mol. The molecule has 98 valence electrons. The Balaban J connectivity index is 2.30. The highest BCUT2D eigenvalue weighted by Gasteiger charge is 2.17. The van der Waals surface area contributed by atoms with E-state index in [9.17, 15) is 4.79 Å². The number of carbonyl (C=O) groups is 1. The molecule has 0 unspecified atom stereocenters. The number of carbonyl (C=O) groups excluding carboxylic acids is 1. The van der Waals surface area contributed by atoms with Gasteiger partial charge in [-0.3, -0.25) is 4.68 Å². The Morgan fingerprint density at radius 2 is 2.32 bits per heavy atom. The Morgan fingerprint density at radius 3 is 3.05 bits per heavy atom. The molecular formula is C12H13N5O2. The molecule has 0 aromatic carbocycles. The van der Waals surface area contributed by atoms with E-state index in [1.54, 1.807) is 23.9 Å². The minimum atomic E-state index is -0.453. The third kappa shape index (κ3) is 1.62. The maximum absolute atomic E-state index is 11.7. The molecule has 0 fully saturated rings. The Kier molecular flexibility index (Phi) is 2.41. The lowest BCUT2D eigenvalue weighted by atomic mass is 10.2. The first-order valence-corrected chi connectivity index (χ1v) is 5.89. The van der Waals surface area contributed by atoms with Crippen molar-refractivity contribution in [1.29, 1.82) is 0 Å². The number of rotatable bonds is 2. The molecule has 0 saturated carbocycles. The van der Waals surface area contributed by atoms with Crippen LogP contribution in [0, 0.1) is 0 Å². The largest absolute Gasteiger partial charge is 0.461 e. The molecule has 0 amide bonds. The van der Waals surface area contributed by atoms with Crippen LogP contribution in [0.3, 0.4) is 0 Å². The summed E-state index contributed by atoms with van der Waals surface area (Å²) in [5, 5.41) is 3.79. The van der Waals surface area contributed by atoms with Gasteiger partial charge in [0, 0.05) is 13.2 Å². The highest BCUT2D eigenvalue weighted by atomic mass is 16.5. The number of anilines is 1. The number of nitrogens with zero attached hydrogens (tertiary/aromatic N) is 3. The minimum Gasteiger partial charge on any atom is -0.461 e. The van der Waals surface area contributed by atoms with Crippen molar-refractivity contribution in [3.05, 3.63) is 18.0 Å². The van der Waals surface area contributed by atoms with E-state index >= 15 is 0 Å². The van der Waals surface area contributed by atoms with Gasteiger partial charge in [0.2, 0.25) is 0 Å². The number of nitrogen functional groups attached to an aromatic ring is 1. The highest BCUT2D eigenvalue weighted by Crippen LogP contribution is 2.27. The van der Waals surface area contributed by atoms with Crippen molar-refractivity contribution in [1.82, 2.24) is 19.7 Å². The summed E-state index contributed by atoms with van der Waals surface area (Å²) in [6.45, 7) is 2.06. The number of fused-ring (bicyclic) bond motifs is 3. The van der Waals surface area contributed by atoms with Crippen molar-refractivity contribution in [2.45, 2.75) is 6.92 Å². The lowest BCUT2D eigenvalue weighted by Gasteiger charge is -1.99. The lowest BCUT2D eigenvalue weighted by Crippen LogP contribution is -2.04. The van der Waals surface area contributed by atoms with Gasteiger partial charge < -0.3 is 15.6 Å². The number of hydrogen-bond donors (Lipinski definition) is 2. The molecule has 0 spiro atoms. The maximum Gasteiger partial charge on any atom is 0.357 e. The Morgan fingerprint density at radius 1 is 1.53 bits per heavy atom. The molecule has 0 bridgehead atoms. The van der Waals surface area contributed by atoms with Gasteiger partial charge >= 0.3 is 5.97 Å². The predicted molar refractivity (Wildman–Crippen MR) is 70.7 cm³/mol. The van der Waals surface area contributed by atoms with Crippen molar-refractivity contribution < 1.29 is 9.53 Å². The van der Waals surface area contributed by atoms with E-state index in [0.29, 0.717) is 23.5 Å². The molecule has 3 aromatic rings. The van der Waals surface area contributed by atoms with Crippen LogP contribution in [0.5, 0.6) is 0 Å². The van der Waals surface area contributed by atoms with Crippen molar-refractivity contribution >= 4 is 33.7 Å². The number of nitrogens with two attached hydrogens (primary N) is 1. The number of hydrogen-bond acceptors (Lipinski definition) is 5. The van der Waals surface area contributed by atoms with Crippen LogP contribution in [0.15, 0.2) is 12.3 Å². The predicted octanol–water partition coefficient (Wildman–Crippen LogP) is 1.21. The number of nitrogens with one attached hydrogen (secondary N) is 1. The number of ether oxygens (including phenoxy) is 1. The van der Waals surface area contributed by atoms with Gasteiger partial charge in [0.15, 0.2) is 5.69 Å². The number of aromatic nitrogens is 4. The molecule has 0 aliphatic rings. The molecular weight excluding hydrogens is 246 g/mol. The first-order valence-electron chi connectivity index (χ1n) is 5.89. The molecule has 0 saturated heterocycles. The lowest BCUT2D eigenvalue weighted by molar-refractivity contribution is 0.0520. The van der Waals surface area contributed by atoms with Crippen LogP contribution in [-0.2, 0) is 11.8 Å². The molecule has 7 heteroatoms. The summed E-state index contributed by atoms with van der Waals surface area (Å²) in [5.41, 5.74) is 8.18. The normalized spacial score (nSPS) is 11.3. The molecule has 0 radical (unpaired) electrons. The van der Waals surface area contributed by atoms with Crippen LogP contribution in [0.25, 0.3) is 21.9 Å². The maximum atomic E-state index is 11.7. The van der Waals surface area contributed by atoms with Gasteiger partial charge in [-0.1, -0.05) is 0 Å². The summed E-state index contributed by atoms with van der Waals surface area (Å²) in [5.74, 6) is -0.0485. The van der Waals surface area contributed by atoms with Gasteiger partial charge in [0.05, 0.1) is 23.0 Å². The number of aryl methyl sites for hydroxylation is 1. The fraction of sp³-hybridized carbons (Fsp3) is 0.250. The van der Waals surface area contributed by atoms with Gasteiger partial charge in [-0.05, 0) is 13.0 Å². The van der Waals surface area contributed by atoms with Crippen LogP contribution < -0.4 is 5.73 Å². The van der Waals surface area contributed by atoms with Gasteiger partial charge in [-0.15, -0.1) is 0 Å². The minimum absolute atomic E-state index is 0.248. The second-order valence-electron chi connectivity index (χ2n) is 4.19. The monoisotopic (exact) mass is 259 g/mol. The SMILES string of the molecule is CCOC(=O)c1cc2nc(N)c3c[nH]n(C)c3c2n1. The molecule has 3 rings (SSSR count). The van der Waals surface area contributed by atoms with Gasteiger partial charge in [0.1, 0.15) is 11.3 Å². The average Bonchev–Trinajstić information content (AvgIpc) is 2.94. The number of H-pyrrole nitrogens is 1. The van der Waals surface area contributed by atoms with Gasteiger partial charge in [0.25, 0.3) is 0 Å². The molecule has 3 N–H and O–H groups in total. The fourth-order valence-electron chi connectivity index (χ4n) is 2.12. The summed E-state index contributed by atoms with van der Waals surface area (Å²) in [6, 6.07) is 1.59. The van der Waals surface area contributed by atoms with E-state index in [4.69, 9.17) is 10.5 Å². The number of esters is 1. The zero-order chi connectivity index (χ0) is 13.6. The van der Waals surface area contributed by atoms with Crippen LogP contribution in [0.4, 0.5) is 5.82 Å². The Bertz CT molecular complexity index is 786. The summed E-state index contributed by atoms with van der Waals surface area (Å²) < 4.78 is 6.73. The molecule has 7 nitrogen and oxygen atoms in total.